The summed E-state index contributed by atoms with van der Waals surface area (Å²) in [6, 6.07) is 12.4. The minimum atomic E-state index is -0.760. The zero-order valence-electron chi connectivity index (χ0n) is 32.8. The maximum absolute atomic E-state index is 13.4. The maximum Gasteiger partial charge on any atom is 0.298 e. The van der Waals surface area contributed by atoms with E-state index in [4.69, 9.17) is 14.1 Å². The smallest absolute Gasteiger partial charge is 0.298 e. The lowest BCUT2D eigenvalue weighted by molar-refractivity contribution is -0.134. The highest BCUT2D eigenvalue weighted by molar-refractivity contribution is 6.06. The van der Waals surface area contributed by atoms with Crippen LogP contribution in [0, 0.1) is 5.92 Å². The summed E-state index contributed by atoms with van der Waals surface area (Å²) in [5, 5.41) is 22.8. The van der Waals surface area contributed by atoms with Crippen molar-refractivity contribution in [2.45, 2.75) is 44.2 Å². The number of fused-ring (bicyclic) bond motifs is 2. The molecule has 1 unspecified atom stereocenters. The Hall–Kier alpha value is -6.27. The molecule has 59 heavy (non-hydrogen) atoms. The number of imidazole rings is 1. The monoisotopic (exact) mass is 805 g/mol. The van der Waals surface area contributed by atoms with Crippen molar-refractivity contribution >= 4 is 63.5 Å². The number of hydrogen-bond donors (Lipinski definition) is 4. The molecule has 3 aromatic heterocycles. The Morgan fingerprint density at radius 2 is 1.75 bits per heavy atom. The Kier molecular flexibility index (Phi) is 10.5. The van der Waals surface area contributed by atoms with E-state index in [9.17, 15) is 24.3 Å². The summed E-state index contributed by atoms with van der Waals surface area (Å²) in [6.45, 7) is 7.18. The van der Waals surface area contributed by atoms with Crippen molar-refractivity contribution in [1.82, 2.24) is 35.1 Å². The van der Waals surface area contributed by atoms with Gasteiger partial charge in [0.15, 0.2) is 11.2 Å². The van der Waals surface area contributed by atoms with Crippen LogP contribution in [-0.2, 0) is 9.59 Å². The third-order valence-corrected chi connectivity index (χ3v) is 11.8. The number of methoxy groups -OCH3 is 1. The fourth-order valence-electron chi connectivity index (χ4n) is 8.52. The number of rotatable bonds is 10. The summed E-state index contributed by atoms with van der Waals surface area (Å²) in [5.74, 6) is -0.626. The van der Waals surface area contributed by atoms with Crippen LogP contribution in [0.25, 0.3) is 16.7 Å². The van der Waals surface area contributed by atoms with Crippen molar-refractivity contribution in [3.8, 4) is 5.75 Å². The molecule has 0 spiro atoms. The molecule has 2 atom stereocenters. The van der Waals surface area contributed by atoms with Gasteiger partial charge in [0.2, 0.25) is 11.8 Å². The van der Waals surface area contributed by atoms with E-state index in [1.165, 1.54) is 7.11 Å². The quantitative estimate of drug-likeness (QED) is 0.150. The van der Waals surface area contributed by atoms with Gasteiger partial charge in [-0.2, -0.15) is 10.1 Å². The largest absolute Gasteiger partial charge is 0.496 e. The van der Waals surface area contributed by atoms with Gasteiger partial charge < -0.3 is 39.6 Å². The number of aliphatic hydroxyl groups is 1. The Labute approximate surface area is 339 Å². The van der Waals surface area contributed by atoms with Crippen molar-refractivity contribution in [2.75, 3.05) is 86.0 Å². The van der Waals surface area contributed by atoms with Crippen molar-refractivity contribution < 1.29 is 33.4 Å². The molecule has 0 aliphatic carbocycles. The van der Waals surface area contributed by atoms with Gasteiger partial charge in [0.25, 0.3) is 17.8 Å². The van der Waals surface area contributed by atoms with Crippen molar-refractivity contribution in [2.24, 2.45) is 5.92 Å². The van der Waals surface area contributed by atoms with Gasteiger partial charge in [-0.15, -0.1) is 0 Å². The van der Waals surface area contributed by atoms with Gasteiger partial charge in [-0.25, -0.2) is 9.50 Å². The van der Waals surface area contributed by atoms with Crippen LogP contribution in [0.1, 0.15) is 53.0 Å². The molecule has 5 aromatic rings. The number of anilines is 4. The molecular formula is C41H47N11O7. The van der Waals surface area contributed by atoms with Crippen molar-refractivity contribution in [1.29, 1.82) is 0 Å². The lowest BCUT2D eigenvalue weighted by atomic mass is 9.95. The van der Waals surface area contributed by atoms with Gasteiger partial charge in [0.1, 0.15) is 23.0 Å². The number of piperazine rings is 1. The van der Waals surface area contributed by atoms with Gasteiger partial charge in [0.05, 0.1) is 30.2 Å². The summed E-state index contributed by atoms with van der Waals surface area (Å²) >= 11 is 0. The molecule has 4 amide bonds. The van der Waals surface area contributed by atoms with Gasteiger partial charge in [-0.1, -0.05) is 0 Å². The number of imide groups is 1. The van der Waals surface area contributed by atoms with Crippen LogP contribution in [0.5, 0.6) is 5.75 Å². The maximum atomic E-state index is 13.4. The number of oxazole rings is 1. The highest BCUT2D eigenvalue weighted by Gasteiger charge is 2.31. The highest BCUT2D eigenvalue weighted by Crippen LogP contribution is 2.36. The Morgan fingerprint density at radius 3 is 2.51 bits per heavy atom. The normalized spacial score (nSPS) is 20.7. The van der Waals surface area contributed by atoms with Crippen LogP contribution >= 0.6 is 0 Å². The summed E-state index contributed by atoms with van der Waals surface area (Å²) in [7, 11) is 1.53. The predicted molar refractivity (Wildman–Crippen MR) is 218 cm³/mol. The number of aliphatic hydroxyl groups excluding tert-OH is 1. The Bertz CT molecular complexity index is 2400. The second kappa shape index (κ2) is 16.2. The van der Waals surface area contributed by atoms with Crippen LogP contribution in [0.4, 0.5) is 23.1 Å². The number of ether oxygens (including phenoxy) is 1. The van der Waals surface area contributed by atoms with Gasteiger partial charge in [0, 0.05) is 95.5 Å². The first-order valence-electron chi connectivity index (χ1n) is 20.2. The van der Waals surface area contributed by atoms with Crippen LogP contribution in [-0.4, -0.2) is 131 Å². The third-order valence-electron chi connectivity index (χ3n) is 11.8. The van der Waals surface area contributed by atoms with Crippen LogP contribution in [0.2, 0.25) is 0 Å². The predicted octanol–water partition coefficient (Wildman–Crippen LogP) is 2.28. The zero-order chi connectivity index (χ0) is 40.6. The highest BCUT2D eigenvalue weighted by atomic mass is 16.5. The fourth-order valence-corrected chi connectivity index (χ4v) is 8.52. The lowest BCUT2D eigenvalue weighted by Crippen LogP contribution is -2.52. The molecule has 308 valence electrons. The first kappa shape index (κ1) is 38.3. The van der Waals surface area contributed by atoms with E-state index in [0.29, 0.717) is 65.2 Å². The second-order valence-corrected chi connectivity index (χ2v) is 15.7. The molecule has 0 saturated carbocycles. The van der Waals surface area contributed by atoms with E-state index in [0.717, 1.165) is 70.0 Å². The number of aromatic nitrogens is 4. The topological polar surface area (TPSA) is 203 Å². The minimum Gasteiger partial charge on any atom is -0.496 e. The fraction of sp³-hybridized carbons (Fsp3) is 0.439. The van der Waals surface area contributed by atoms with Crippen LogP contribution in [0.3, 0.4) is 0 Å². The molecule has 18 nitrogen and oxygen atoms in total. The van der Waals surface area contributed by atoms with Crippen molar-refractivity contribution in [3.63, 3.8) is 0 Å². The van der Waals surface area contributed by atoms with Crippen molar-refractivity contribution in [3.05, 3.63) is 66.1 Å². The number of nitrogens with one attached hydrogen (secondary N) is 3. The van der Waals surface area contributed by atoms with Gasteiger partial charge in [-0.05, 0) is 61.9 Å². The number of hydrogen-bond acceptors (Lipinski definition) is 14. The van der Waals surface area contributed by atoms with Gasteiger partial charge >= 0.3 is 0 Å². The molecule has 0 bridgehead atoms. The van der Waals surface area contributed by atoms with E-state index in [2.05, 4.69) is 45.6 Å². The Balaban J connectivity index is 0.796. The number of carbonyl (C=O) groups excluding carboxylic acids is 4. The molecule has 0 radical (unpaired) electrons. The molecule has 2 aromatic carbocycles. The summed E-state index contributed by atoms with van der Waals surface area (Å²) in [4.78, 5) is 68.3. The number of benzene rings is 2. The molecule has 9 rings (SSSR count). The lowest BCUT2D eigenvalue weighted by Gasteiger charge is -2.39. The van der Waals surface area contributed by atoms with E-state index >= 15 is 0 Å². The molecule has 4 N–H and O–H groups in total. The summed E-state index contributed by atoms with van der Waals surface area (Å²) in [6.07, 6.45) is 6.03. The second-order valence-electron chi connectivity index (χ2n) is 15.7. The first-order chi connectivity index (χ1) is 28.7. The molecular weight excluding hydrogens is 759 g/mol. The SMILES string of the molecule is COc1cc(N2CCC(CN3CCN(c4nc5cc(N6CC[C@H](O)C6)c(NC(=O)c6ccc7nccn7n6)cc5o4)CC3)CC2)ccc1C(=O)NC1CCC(=O)NC1=O. The molecule has 4 saturated heterocycles. The first-order valence-corrected chi connectivity index (χ1v) is 20.2. The average molecular weight is 806 g/mol. The molecule has 18 heteroatoms. The van der Waals surface area contributed by atoms with E-state index in [1.54, 1.807) is 35.1 Å². The number of β-amino-alcohol motifs (C(OH)–C–C–N with tert-alkyl or cyclic N) is 1. The van der Waals surface area contributed by atoms with E-state index in [-0.39, 0.29) is 30.3 Å². The Morgan fingerprint density at radius 1 is 0.932 bits per heavy atom. The van der Waals surface area contributed by atoms with Gasteiger partial charge in [-0.3, -0.25) is 29.4 Å². The molecule has 4 fully saturated rings. The number of amides is 4. The standard InChI is InChI=1S/C41H47N11O7/c1-58-34-20-26(2-3-28(34)38(55)43-29-5-7-37(54)46-39(29)56)49-12-8-25(9-13-49)23-48-16-18-50(19-17-48)41-45-32-21-33(51-14-10-27(53)24-51)31(22-35(32)59-41)44-40(57)30-4-6-36-42-11-15-52(36)47-30/h2-4,6,11,15,20-22,25,27,29,53H,5,7-10,12-14,16-19,23-24H2,1H3,(H,43,55)(H,44,57)(H,46,54,56)/t27-,29?/m0/s1. The number of piperidine rings is 2. The molecule has 4 aliphatic rings. The average Bonchev–Trinajstić information content (AvgIpc) is 4.01. The summed E-state index contributed by atoms with van der Waals surface area (Å²) in [5.41, 5.74) is 4.79. The number of carbonyl (C=O) groups is 4. The third kappa shape index (κ3) is 8.09. The van der Waals surface area contributed by atoms with Crippen LogP contribution in [0.15, 0.2) is 59.3 Å². The number of nitrogens with zero attached hydrogens (tertiary/aromatic N) is 8. The summed E-state index contributed by atoms with van der Waals surface area (Å²) < 4.78 is 13.5. The van der Waals surface area contributed by atoms with E-state index in [1.807, 2.05) is 24.3 Å². The zero-order valence-corrected chi connectivity index (χ0v) is 32.8. The van der Waals surface area contributed by atoms with Crippen LogP contribution < -0.4 is 35.4 Å². The van der Waals surface area contributed by atoms with E-state index < -0.39 is 24.0 Å². The molecule has 7 heterocycles. The minimum absolute atomic E-state index is 0.184. The molecule has 4 aliphatic heterocycles.